The summed E-state index contributed by atoms with van der Waals surface area (Å²) in [5.41, 5.74) is 4.59. The van der Waals surface area contributed by atoms with Crippen LogP contribution in [0.1, 0.15) is 51.7 Å². The molecule has 2 aromatic rings. The largest absolute Gasteiger partial charge is 0.494 e. The number of amides is 1. The van der Waals surface area contributed by atoms with E-state index in [0.29, 0.717) is 24.5 Å². The zero-order valence-electron chi connectivity index (χ0n) is 19.4. The van der Waals surface area contributed by atoms with Gasteiger partial charge in [-0.2, -0.15) is 0 Å². The number of hydrogen-bond donors (Lipinski definition) is 1. The van der Waals surface area contributed by atoms with Crippen molar-refractivity contribution in [3.63, 3.8) is 0 Å². The maximum Gasteiger partial charge on any atom is 0.494 e. The van der Waals surface area contributed by atoms with Gasteiger partial charge in [0.2, 0.25) is 5.91 Å². The summed E-state index contributed by atoms with van der Waals surface area (Å²) in [6, 6.07) is 13.3. The summed E-state index contributed by atoms with van der Waals surface area (Å²) >= 11 is 5.94. The van der Waals surface area contributed by atoms with Crippen molar-refractivity contribution < 1.29 is 23.7 Å². The number of ether oxygens (including phenoxy) is 1. The van der Waals surface area contributed by atoms with Gasteiger partial charge in [0.15, 0.2) is 0 Å². The van der Waals surface area contributed by atoms with E-state index in [2.05, 4.69) is 5.48 Å². The van der Waals surface area contributed by atoms with Crippen LogP contribution in [0.3, 0.4) is 0 Å². The monoisotopic (exact) mass is 459 g/mol. The second kappa shape index (κ2) is 10.3. The molecule has 1 fully saturated rings. The van der Waals surface area contributed by atoms with Crippen molar-refractivity contribution in [3.05, 3.63) is 58.6 Å². The van der Waals surface area contributed by atoms with E-state index in [-0.39, 0.29) is 23.7 Å². The Morgan fingerprint density at radius 1 is 1.06 bits per heavy atom. The molecule has 1 saturated heterocycles. The molecule has 0 spiro atoms. The van der Waals surface area contributed by atoms with Crippen LogP contribution in [0.5, 0.6) is 5.75 Å². The van der Waals surface area contributed by atoms with Crippen LogP contribution in [0, 0.1) is 6.92 Å². The molecule has 0 bridgehead atoms. The van der Waals surface area contributed by atoms with Crippen LogP contribution >= 0.6 is 11.6 Å². The SMILES string of the molecule is Cc1cc(Cl)ccc1OCCCC(=O)NOCc1ccc(B2OC(C)(C)C(C)(C)O2)cc1. The number of nitrogens with one attached hydrogen (secondary N) is 1. The average molecular weight is 460 g/mol. The Labute approximate surface area is 195 Å². The summed E-state index contributed by atoms with van der Waals surface area (Å²) in [6.45, 7) is 10.8. The molecule has 0 radical (unpaired) electrons. The minimum atomic E-state index is -0.395. The third kappa shape index (κ3) is 6.26. The van der Waals surface area contributed by atoms with Crippen molar-refractivity contribution in [3.8, 4) is 5.75 Å². The molecule has 3 rings (SSSR count). The molecule has 0 aliphatic carbocycles. The summed E-state index contributed by atoms with van der Waals surface area (Å²) in [7, 11) is -0.395. The third-order valence-corrected chi connectivity index (χ3v) is 6.11. The minimum Gasteiger partial charge on any atom is -0.493 e. The molecule has 1 aliphatic heterocycles. The zero-order chi connectivity index (χ0) is 23.4. The lowest BCUT2D eigenvalue weighted by Gasteiger charge is -2.32. The highest BCUT2D eigenvalue weighted by Crippen LogP contribution is 2.36. The zero-order valence-corrected chi connectivity index (χ0v) is 20.1. The molecule has 1 amide bonds. The molecular weight excluding hydrogens is 429 g/mol. The second-order valence-electron chi connectivity index (χ2n) is 9.01. The number of benzene rings is 2. The van der Waals surface area contributed by atoms with E-state index in [1.807, 2.05) is 71.0 Å². The van der Waals surface area contributed by atoms with Gasteiger partial charge in [0.05, 0.1) is 24.4 Å². The topological polar surface area (TPSA) is 66.0 Å². The normalized spacial score (nSPS) is 16.8. The van der Waals surface area contributed by atoms with Crippen molar-refractivity contribution in [1.82, 2.24) is 5.48 Å². The fourth-order valence-corrected chi connectivity index (χ4v) is 3.42. The van der Waals surface area contributed by atoms with Crippen LogP contribution < -0.4 is 15.7 Å². The molecule has 0 unspecified atom stereocenters. The van der Waals surface area contributed by atoms with E-state index in [0.717, 1.165) is 22.3 Å². The van der Waals surface area contributed by atoms with Gasteiger partial charge in [0.25, 0.3) is 0 Å². The lowest BCUT2D eigenvalue weighted by molar-refractivity contribution is -0.134. The maximum atomic E-state index is 12.0. The molecule has 6 nitrogen and oxygen atoms in total. The standard InChI is InChI=1S/C24H31BClNO5/c1-17-15-20(26)12-13-21(17)29-14-6-7-22(28)27-30-16-18-8-10-19(11-9-18)25-31-23(2,3)24(4,5)32-25/h8-13,15H,6-7,14,16H2,1-5H3,(H,27,28). The molecule has 1 N–H and O–H groups in total. The highest BCUT2D eigenvalue weighted by Gasteiger charge is 2.51. The number of carbonyl (C=O) groups excluding carboxylic acids is 1. The van der Waals surface area contributed by atoms with E-state index < -0.39 is 7.12 Å². The quantitative estimate of drug-likeness (QED) is 0.343. The Morgan fingerprint density at radius 2 is 1.72 bits per heavy atom. The summed E-state index contributed by atoms with van der Waals surface area (Å²) < 4.78 is 17.8. The van der Waals surface area contributed by atoms with Crippen LogP contribution in [-0.2, 0) is 25.5 Å². The Morgan fingerprint density at radius 3 is 2.34 bits per heavy atom. The minimum absolute atomic E-state index is 0.185. The summed E-state index contributed by atoms with van der Waals surface area (Å²) in [5, 5.41) is 0.675. The molecule has 1 heterocycles. The van der Waals surface area contributed by atoms with E-state index >= 15 is 0 Å². The first kappa shape index (κ1) is 24.6. The number of hydrogen-bond acceptors (Lipinski definition) is 5. The molecule has 0 aromatic heterocycles. The first-order chi connectivity index (χ1) is 15.1. The number of hydroxylamine groups is 1. The van der Waals surface area contributed by atoms with Crippen LogP contribution in [0.25, 0.3) is 0 Å². The van der Waals surface area contributed by atoms with Gasteiger partial charge in [0.1, 0.15) is 5.75 Å². The van der Waals surface area contributed by atoms with Gasteiger partial charge in [0, 0.05) is 11.4 Å². The Balaban J connectivity index is 1.35. The second-order valence-corrected chi connectivity index (χ2v) is 9.44. The Hall–Kier alpha value is -2.06. The average Bonchev–Trinajstić information content (AvgIpc) is 2.94. The molecule has 8 heteroatoms. The van der Waals surface area contributed by atoms with Gasteiger partial charge in [-0.25, -0.2) is 5.48 Å². The first-order valence-electron chi connectivity index (χ1n) is 10.8. The summed E-state index contributed by atoms with van der Waals surface area (Å²) in [4.78, 5) is 17.3. The molecular formula is C24H31BClNO5. The smallest absolute Gasteiger partial charge is 0.493 e. The van der Waals surface area contributed by atoms with Gasteiger partial charge in [-0.3, -0.25) is 9.63 Å². The van der Waals surface area contributed by atoms with E-state index in [1.54, 1.807) is 6.07 Å². The van der Waals surface area contributed by atoms with Crippen LogP contribution in [0.2, 0.25) is 5.02 Å². The molecule has 32 heavy (non-hydrogen) atoms. The number of halogens is 1. The van der Waals surface area contributed by atoms with Crippen molar-refractivity contribution in [2.45, 2.75) is 65.3 Å². The van der Waals surface area contributed by atoms with Crippen molar-refractivity contribution in [2.24, 2.45) is 0 Å². The fraction of sp³-hybridized carbons (Fsp3) is 0.458. The number of rotatable bonds is 9. The lowest BCUT2D eigenvalue weighted by Crippen LogP contribution is -2.41. The number of aryl methyl sites for hydroxylation is 1. The highest BCUT2D eigenvalue weighted by atomic mass is 35.5. The van der Waals surface area contributed by atoms with Crippen molar-refractivity contribution in [1.29, 1.82) is 0 Å². The van der Waals surface area contributed by atoms with Crippen molar-refractivity contribution >= 4 is 30.1 Å². The van der Waals surface area contributed by atoms with Crippen LogP contribution in [-0.4, -0.2) is 30.8 Å². The fourth-order valence-electron chi connectivity index (χ4n) is 3.19. The van der Waals surface area contributed by atoms with E-state index in [9.17, 15) is 4.79 Å². The molecule has 172 valence electrons. The predicted molar refractivity (Wildman–Crippen MR) is 126 cm³/mol. The van der Waals surface area contributed by atoms with E-state index in [4.69, 9.17) is 30.5 Å². The predicted octanol–water partition coefficient (Wildman–Crippen LogP) is 4.35. The van der Waals surface area contributed by atoms with Gasteiger partial charge >= 0.3 is 7.12 Å². The molecule has 0 saturated carbocycles. The molecule has 2 aromatic carbocycles. The van der Waals surface area contributed by atoms with Gasteiger partial charge in [-0.1, -0.05) is 35.9 Å². The Bertz CT molecular complexity index is 916. The Kier molecular flexibility index (Phi) is 7.88. The van der Waals surface area contributed by atoms with Crippen molar-refractivity contribution in [2.75, 3.05) is 6.61 Å². The van der Waals surface area contributed by atoms with Gasteiger partial charge in [-0.15, -0.1) is 0 Å². The van der Waals surface area contributed by atoms with Gasteiger partial charge in [-0.05, 0) is 75.8 Å². The van der Waals surface area contributed by atoms with Gasteiger partial charge < -0.3 is 14.0 Å². The number of carbonyl (C=O) groups is 1. The maximum absolute atomic E-state index is 12.0. The van der Waals surface area contributed by atoms with Crippen LogP contribution in [0.15, 0.2) is 42.5 Å². The highest BCUT2D eigenvalue weighted by molar-refractivity contribution is 6.62. The molecule has 1 aliphatic rings. The lowest BCUT2D eigenvalue weighted by atomic mass is 9.79. The van der Waals surface area contributed by atoms with E-state index in [1.165, 1.54) is 0 Å². The first-order valence-corrected chi connectivity index (χ1v) is 11.2. The van der Waals surface area contributed by atoms with Crippen LogP contribution in [0.4, 0.5) is 0 Å². The molecule has 0 atom stereocenters. The summed E-state index contributed by atoms with van der Waals surface area (Å²) in [5.74, 6) is 0.588. The summed E-state index contributed by atoms with van der Waals surface area (Å²) in [6.07, 6.45) is 0.896. The third-order valence-electron chi connectivity index (χ3n) is 5.87.